The summed E-state index contributed by atoms with van der Waals surface area (Å²) in [5.41, 5.74) is -2.58. The second-order valence-electron chi connectivity index (χ2n) is 4.39. The Bertz CT molecular complexity index is 522. The molecule has 2 aromatic rings. The molecule has 0 heterocycles. The maximum absolute atomic E-state index is 13.2. The van der Waals surface area contributed by atoms with Crippen molar-refractivity contribution in [1.29, 1.82) is 0 Å². The first-order chi connectivity index (χ1) is 8.93. The number of hydrogen-bond donors (Lipinski definition) is 1. The van der Waals surface area contributed by atoms with Gasteiger partial charge in [0.15, 0.2) is 5.60 Å². The van der Waals surface area contributed by atoms with Crippen molar-refractivity contribution in [1.82, 2.24) is 0 Å². The molecule has 0 aliphatic heterocycles. The van der Waals surface area contributed by atoms with E-state index in [4.69, 9.17) is 0 Å². The highest BCUT2D eigenvalue weighted by atomic mass is 19.4. The third-order valence-corrected chi connectivity index (χ3v) is 3.02. The number of halogens is 3. The Morgan fingerprint density at radius 3 is 1.74 bits per heavy atom. The molecular formula is C15H13F3O. The van der Waals surface area contributed by atoms with Crippen molar-refractivity contribution >= 4 is 0 Å². The average Bonchev–Trinajstić information content (AvgIpc) is 2.39. The summed E-state index contributed by atoms with van der Waals surface area (Å²) in [5.74, 6) is 0. The summed E-state index contributed by atoms with van der Waals surface area (Å²) in [4.78, 5) is 0. The molecule has 19 heavy (non-hydrogen) atoms. The van der Waals surface area contributed by atoms with Crippen LogP contribution in [-0.4, -0.2) is 11.3 Å². The molecule has 0 saturated heterocycles. The van der Waals surface area contributed by atoms with Gasteiger partial charge in [-0.15, -0.1) is 0 Å². The second kappa shape index (κ2) is 5.05. The van der Waals surface area contributed by atoms with E-state index in [9.17, 15) is 18.3 Å². The first kappa shape index (κ1) is 13.6. The highest BCUT2D eigenvalue weighted by Gasteiger charge is 2.54. The molecule has 2 aromatic carbocycles. The number of rotatable bonds is 3. The summed E-state index contributed by atoms with van der Waals surface area (Å²) in [6.45, 7) is 0. The van der Waals surface area contributed by atoms with Crippen molar-refractivity contribution in [3.05, 3.63) is 71.8 Å². The van der Waals surface area contributed by atoms with Gasteiger partial charge in [0, 0.05) is 6.42 Å². The maximum atomic E-state index is 13.2. The Morgan fingerprint density at radius 1 is 0.789 bits per heavy atom. The van der Waals surface area contributed by atoms with E-state index in [2.05, 4.69) is 0 Å². The van der Waals surface area contributed by atoms with Crippen LogP contribution in [0.2, 0.25) is 0 Å². The predicted octanol–water partition coefficient (Wildman–Crippen LogP) is 3.68. The SMILES string of the molecule is OC(Cc1ccccc1)(c1ccccc1)C(F)(F)F. The number of alkyl halides is 3. The van der Waals surface area contributed by atoms with Gasteiger partial charge in [-0.1, -0.05) is 60.7 Å². The van der Waals surface area contributed by atoms with E-state index in [1.807, 2.05) is 0 Å². The molecule has 0 bridgehead atoms. The van der Waals surface area contributed by atoms with Crippen molar-refractivity contribution in [2.45, 2.75) is 18.2 Å². The van der Waals surface area contributed by atoms with Crippen LogP contribution in [0.5, 0.6) is 0 Å². The van der Waals surface area contributed by atoms with Crippen molar-refractivity contribution in [2.75, 3.05) is 0 Å². The fourth-order valence-electron chi connectivity index (χ4n) is 1.97. The summed E-state index contributed by atoms with van der Waals surface area (Å²) in [6, 6.07) is 15.3. The molecule has 0 aliphatic rings. The molecule has 0 aliphatic carbocycles. The van der Waals surface area contributed by atoms with Crippen LogP contribution >= 0.6 is 0 Å². The van der Waals surface area contributed by atoms with E-state index in [-0.39, 0.29) is 5.56 Å². The minimum Gasteiger partial charge on any atom is -0.376 e. The Hall–Kier alpha value is -1.81. The van der Waals surface area contributed by atoms with E-state index < -0.39 is 18.2 Å². The minimum atomic E-state index is -4.73. The molecule has 0 amide bonds. The Labute approximate surface area is 109 Å². The second-order valence-corrected chi connectivity index (χ2v) is 4.39. The van der Waals surface area contributed by atoms with Crippen LogP contribution in [0, 0.1) is 0 Å². The first-order valence-electron chi connectivity index (χ1n) is 5.82. The third kappa shape index (κ3) is 2.79. The third-order valence-electron chi connectivity index (χ3n) is 3.02. The summed E-state index contributed by atoms with van der Waals surface area (Å²) in [5, 5.41) is 10.1. The van der Waals surface area contributed by atoms with Gasteiger partial charge in [-0.3, -0.25) is 0 Å². The van der Waals surface area contributed by atoms with Crippen molar-refractivity contribution in [3.63, 3.8) is 0 Å². The summed E-state index contributed by atoms with van der Waals surface area (Å²) in [6.07, 6.45) is -5.23. The molecule has 0 fully saturated rings. The van der Waals surface area contributed by atoms with Gasteiger partial charge in [0.2, 0.25) is 0 Å². The highest BCUT2D eigenvalue weighted by molar-refractivity contribution is 5.28. The normalized spacial score (nSPS) is 14.9. The van der Waals surface area contributed by atoms with E-state index in [1.165, 1.54) is 24.3 Å². The molecule has 100 valence electrons. The van der Waals surface area contributed by atoms with Crippen LogP contribution in [0.15, 0.2) is 60.7 Å². The molecule has 1 atom stereocenters. The zero-order valence-electron chi connectivity index (χ0n) is 10.1. The minimum absolute atomic E-state index is 0.147. The zero-order valence-corrected chi connectivity index (χ0v) is 10.1. The van der Waals surface area contributed by atoms with E-state index in [1.54, 1.807) is 36.4 Å². The summed E-state index contributed by atoms with van der Waals surface area (Å²) in [7, 11) is 0. The van der Waals surface area contributed by atoms with Crippen molar-refractivity contribution in [3.8, 4) is 0 Å². The number of aliphatic hydroxyl groups is 1. The van der Waals surface area contributed by atoms with Gasteiger partial charge in [0.1, 0.15) is 0 Å². The Balaban J connectivity index is 2.42. The van der Waals surface area contributed by atoms with Gasteiger partial charge in [0.25, 0.3) is 0 Å². The fourth-order valence-corrected chi connectivity index (χ4v) is 1.97. The van der Waals surface area contributed by atoms with Gasteiger partial charge in [-0.2, -0.15) is 13.2 Å². The van der Waals surface area contributed by atoms with E-state index >= 15 is 0 Å². The van der Waals surface area contributed by atoms with Crippen molar-refractivity contribution < 1.29 is 18.3 Å². The monoisotopic (exact) mass is 266 g/mol. The molecule has 0 spiro atoms. The lowest BCUT2D eigenvalue weighted by atomic mass is 9.86. The Morgan fingerprint density at radius 2 is 1.26 bits per heavy atom. The van der Waals surface area contributed by atoms with Crippen LogP contribution in [0.25, 0.3) is 0 Å². The average molecular weight is 266 g/mol. The molecule has 1 nitrogen and oxygen atoms in total. The summed E-state index contributed by atoms with van der Waals surface area (Å²) >= 11 is 0. The molecule has 4 heteroatoms. The van der Waals surface area contributed by atoms with Gasteiger partial charge >= 0.3 is 6.18 Å². The Kier molecular flexibility index (Phi) is 3.62. The van der Waals surface area contributed by atoms with Crippen LogP contribution in [0.4, 0.5) is 13.2 Å². The standard InChI is InChI=1S/C15H13F3O/c16-15(17,18)14(19,13-9-5-2-6-10-13)11-12-7-3-1-4-8-12/h1-10,19H,11H2. The molecule has 0 aromatic heterocycles. The molecule has 0 saturated carbocycles. The van der Waals surface area contributed by atoms with Crippen LogP contribution in [-0.2, 0) is 12.0 Å². The maximum Gasteiger partial charge on any atom is 0.421 e. The van der Waals surface area contributed by atoms with Gasteiger partial charge in [-0.05, 0) is 11.1 Å². The van der Waals surface area contributed by atoms with Crippen LogP contribution < -0.4 is 0 Å². The van der Waals surface area contributed by atoms with Gasteiger partial charge in [0.05, 0.1) is 0 Å². The number of benzene rings is 2. The topological polar surface area (TPSA) is 20.2 Å². The smallest absolute Gasteiger partial charge is 0.376 e. The lowest BCUT2D eigenvalue weighted by Gasteiger charge is -2.31. The highest BCUT2D eigenvalue weighted by Crippen LogP contribution is 2.41. The largest absolute Gasteiger partial charge is 0.421 e. The van der Waals surface area contributed by atoms with Gasteiger partial charge < -0.3 is 5.11 Å². The molecule has 1 N–H and O–H groups in total. The first-order valence-corrected chi connectivity index (χ1v) is 5.82. The zero-order chi connectivity index (χ0) is 13.9. The van der Waals surface area contributed by atoms with Crippen LogP contribution in [0.1, 0.15) is 11.1 Å². The quantitative estimate of drug-likeness (QED) is 0.898. The summed E-state index contributed by atoms with van der Waals surface area (Å²) < 4.78 is 39.7. The predicted molar refractivity (Wildman–Crippen MR) is 66.5 cm³/mol. The van der Waals surface area contributed by atoms with E-state index in [0.29, 0.717) is 5.56 Å². The van der Waals surface area contributed by atoms with Crippen molar-refractivity contribution in [2.24, 2.45) is 0 Å². The number of hydrogen-bond acceptors (Lipinski definition) is 1. The molecule has 0 radical (unpaired) electrons. The lowest BCUT2D eigenvalue weighted by molar-refractivity contribution is -0.266. The van der Waals surface area contributed by atoms with Gasteiger partial charge in [-0.25, -0.2) is 0 Å². The van der Waals surface area contributed by atoms with E-state index in [0.717, 1.165) is 0 Å². The molecule has 1 unspecified atom stereocenters. The molecule has 2 rings (SSSR count). The fraction of sp³-hybridized carbons (Fsp3) is 0.200. The molecular weight excluding hydrogens is 253 g/mol. The lowest BCUT2D eigenvalue weighted by Crippen LogP contribution is -2.44. The van der Waals surface area contributed by atoms with Crippen LogP contribution in [0.3, 0.4) is 0 Å².